The van der Waals surface area contributed by atoms with E-state index in [0.29, 0.717) is 23.9 Å². The van der Waals surface area contributed by atoms with Gasteiger partial charge in [-0.25, -0.2) is 0 Å². The Morgan fingerprint density at radius 2 is 2.04 bits per heavy atom. The van der Waals surface area contributed by atoms with E-state index in [4.69, 9.17) is 14.2 Å². The van der Waals surface area contributed by atoms with Crippen LogP contribution in [0.25, 0.3) is 0 Å². The zero-order valence-electron chi connectivity index (χ0n) is 14.2. The summed E-state index contributed by atoms with van der Waals surface area (Å²) in [5, 5.41) is 0.829. The molecule has 1 aliphatic rings. The molecule has 134 valence electrons. The van der Waals surface area contributed by atoms with E-state index in [2.05, 4.69) is 4.98 Å². The third kappa shape index (κ3) is 3.41. The molecule has 2 heterocycles. The molecule has 1 aliphatic heterocycles. The third-order valence-corrected chi connectivity index (χ3v) is 6.32. The highest BCUT2D eigenvalue weighted by Crippen LogP contribution is 2.46. The van der Waals surface area contributed by atoms with Gasteiger partial charge in [0.2, 0.25) is 0 Å². The summed E-state index contributed by atoms with van der Waals surface area (Å²) >= 11 is 2.63. The Hall–Kier alpha value is -1.93. The van der Waals surface area contributed by atoms with Crippen LogP contribution in [0.15, 0.2) is 28.0 Å². The maximum absolute atomic E-state index is 12.5. The Bertz CT molecular complexity index is 829. The zero-order valence-corrected chi connectivity index (χ0v) is 15.8. The predicted molar refractivity (Wildman–Crippen MR) is 97.2 cm³/mol. The van der Waals surface area contributed by atoms with Crippen molar-refractivity contribution in [3.05, 3.63) is 38.3 Å². The van der Waals surface area contributed by atoms with Gasteiger partial charge in [-0.15, -0.1) is 11.8 Å². The molecule has 1 aromatic heterocycles. The quantitative estimate of drug-likeness (QED) is 0.803. The number of aromatic nitrogens is 1. The molecule has 8 heteroatoms. The number of nitrogens with one attached hydrogen (secondary N) is 1. The summed E-state index contributed by atoms with van der Waals surface area (Å²) in [4.78, 5) is 28.0. The fraction of sp³-hybridized carbons (Fsp3) is 0.412. The summed E-state index contributed by atoms with van der Waals surface area (Å²) in [6.07, 6.45) is 0. The maximum atomic E-state index is 12.5. The summed E-state index contributed by atoms with van der Waals surface area (Å²) in [7, 11) is 3.15. The highest BCUT2D eigenvalue weighted by molar-refractivity contribution is 7.99. The molecule has 1 N–H and O–H groups in total. The van der Waals surface area contributed by atoms with Gasteiger partial charge in [-0.2, -0.15) is 0 Å². The van der Waals surface area contributed by atoms with Gasteiger partial charge in [-0.1, -0.05) is 17.4 Å². The molecule has 6 nitrogen and oxygen atoms in total. The Morgan fingerprint density at radius 3 is 2.72 bits per heavy atom. The summed E-state index contributed by atoms with van der Waals surface area (Å²) < 4.78 is 15.9. The van der Waals surface area contributed by atoms with Crippen molar-refractivity contribution in [2.24, 2.45) is 5.92 Å². The lowest BCUT2D eigenvalue weighted by Crippen LogP contribution is -2.29. The van der Waals surface area contributed by atoms with Gasteiger partial charge in [-0.05, 0) is 24.6 Å². The van der Waals surface area contributed by atoms with E-state index in [1.54, 1.807) is 21.1 Å². The molecular weight excluding hydrogens is 362 g/mol. The van der Waals surface area contributed by atoms with Gasteiger partial charge in [0, 0.05) is 16.5 Å². The van der Waals surface area contributed by atoms with Gasteiger partial charge < -0.3 is 19.2 Å². The molecule has 0 amide bonds. The van der Waals surface area contributed by atoms with Gasteiger partial charge in [0.15, 0.2) is 11.5 Å². The van der Waals surface area contributed by atoms with E-state index < -0.39 is 0 Å². The van der Waals surface area contributed by atoms with E-state index in [1.807, 2.05) is 18.2 Å². The number of fused-ring (bicyclic) bond motifs is 1. The van der Waals surface area contributed by atoms with Crippen molar-refractivity contribution in [2.45, 2.75) is 17.9 Å². The van der Waals surface area contributed by atoms with Crippen molar-refractivity contribution in [3.63, 3.8) is 0 Å². The number of hydrogen-bond donors (Lipinski definition) is 1. The highest BCUT2D eigenvalue weighted by Gasteiger charge is 2.39. The van der Waals surface area contributed by atoms with Crippen molar-refractivity contribution >= 4 is 29.1 Å². The van der Waals surface area contributed by atoms with Crippen molar-refractivity contribution in [3.8, 4) is 11.5 Å². The summed E-state index contributed by atoms with van der Waals surface area (Å²) in [5.41, 5.74) is 0.896. The van der Waals surface area contributed by atoms with Crippen molar-refractivity contribution in [1.29, 1.82) is 0 Å². The summed E-state index contributed by atoms with van der Waals surface area (Å²) in [6.45, 7) is 2.12. The first-order chi connectivity index (χ1) is 12.1. The number of ether oxygens (including phenoxy) is 3. The van der Waals surface area contributed by atoms with Crippen LogP contribution in [0.3, 0.4) is 0 Å². The number of esters is 1. The summed E-state index contributed by atoms with van der Waals surface area (Å²) in [6, 6.07) is 5.58. The minimum atomic E-state index is -0.359. The van der Waals surface area contributed by atoms with Crippen LogP contribution in [0.4, 0.5) is 0 Å². The molecule has 0 fully saturated rings. The minimum absolute atomic E-state index is 0.118. The molecule has 0 spiro atoms. The number of carbonyl (C=O) groups excluding carboxylic acids is 1. The van der Waals surface area contributed by atoms with Crippen LogP contribution >= 0.6 is 23.1 Å². The normalized spacial score (nSPS) is 19.2. The molecule has 2 atom stereocenters. The molecule has 3 rings (SSSR count). The average Bonchev–Trinajstić information content (AvgIpc) is 3.00. The first-order valence-electron chi connectivity index (χ1n) is 7.83. The fourth-order valence-electron chi connectivity index (χ4n) is 2.97. The van der Waals surface area contributed by atoms with Gasteiger partial charge in [0.05, 0.1) is 31.8 Å². The SMILES string of the molecule is CCOC(=O)[C@@H]1CSc2[nH]c(=O)sc2[C@@H]1c1ccc(OC)c(OC)c1. The Labute approximate surface area is 153 Å². The number of thiazole rings is 1. The Kier molecular flexibility index (Phi) is 5.39. The number of methoxy groups -OCH3 is 2. The number of thioether (sulfide) groups is 1. The first-order valence-corrected chi connectivity index (χ1v) is 9.63. The van der Waals surface area contributed by atoms with E-state index >= 15 is 0 Å². The van der Waals surface area contributed by atoms with Crippen LogP contribution in [-0.4, -0.2) is 37.5 Å². The molecule has 2 aromatic rings. The number of hydrogen-bond acceptors (Lipinski definition) is 7. The molecule has 0 bridgehead atoms. The van der Waals surface area contributed by atoms with Crippen LogP contribution < -0.4 is 14.3 Å². The number of H-pyrrole nitrogens is 1. The number of benzene rings is 1. The van der Waals surface area contributed by atoms with Crippen LogP contribution in [-0.2, 0) is 9.53 Å². The monoisotopic (exact) mass is 381 g/mol. The van der Waals surface area contributed by atoms with Crippen molar-refractivity contribution < 1.29 is 19.0 Å². The number of aromatic amines is 1. The van der Waals surface area contributed by atoms with Crippen molar-refractivity contribution in [2.75, 3.05) is 26.6 Å². The van der Waals surface area contributed by atoms with Gasteiger partial charge in [-0.3, -0.25) is 9.59 Å². The Morgan fingerprint density at radius 1 is 1.28 bits per heavy atom. The molecule has 0 aliphatic carbocycles. The molecule has 0 unspecified atom stereocenters. The average molecular weight is 381 g/mol. The standard InChI is InChI=1S/C17H19NO5S2/c1-4-23-16(19)10-8-24-15-14(25-17(20)18-15)13(10)9-5-6-11(21-2)12(7-9)22-3/h5-7,10,13H,4,8H2,1-3H3,(H,18,20)/t10-,13-/m1/s1. The van der Waals surface area contributed by atoms with E-state index in [0.717, 1.165) is 26.8 Å². The second-order valence-corrected chi connectivity index (χ2v) is 7.51. The lowest BCUT2D eigenvalue weighted by atomic mass is 9.85. The predicted octanol–water partition coefficient (Wildman–Crippen LogP) is 2.87. The first kappa shape index (κ1) is 17.9. The van der Waals surface area contributed by atoms with Crippen LogP contribution in [0, 0.1) is 5.92 Å². The van der Waals surface area contributed by atoms with Crippen LogP contribution in [0.5, 0.6) is 11.5 Å². The third-order valence-electron chi connectivity index (χ3n) is 4.09. The van der Waals surface area contributed by atoms with E-state index in [-0.39, 0.29) is 22.7 Å². The largest absolute Gasteiger partial charge is 0.493 e. The molecular formula is C17H19NO5S2. The van der Waals surface area contributed by atoms with Gasteiger partial charge in [0.25, 0.3) is 0 Å². The summed E-state index contributed by atoms with van der Waals surface area (Å²) in [5.74, 6) is 0.900. The Balaban J connectivity index is 2.10. The highest BCUT2D eigenvalue weighted by atomic mass is 32.2. The fourth-order valence-corrected chi connectivity index (χ4v) is 5.37. The smallest absolute Gasteiger partial charge is 0.310 e. The second kappa shape index (κ2) is 7.53. The number of carbonyl (C=O) groups is 1. The lowest BCUT2D eigenvalue weighted by molar-refractivity contribution is -0.147. The van der Waals surface area contributed by atoms with Crippen LogP contribution in [0.1, 0.15) is 23.3 Å². The van der Waals surface area contributed by atoms with Crippen LogP contribution in [0.2, 0.25) is 0 Å². The molecule has 0 saturated heterocycles. The molecule has 25 heavy (non-hydrogen) atoms. The topological polar surface area (TPSA) is 77.6 Å². The maximum Gasteiger partial charge on any atom is 0.310 e. The van der Waals surface area contributed by atoms with Crippen molar-refractivity contribution in [1.82, 2.24) is 4.98 Å². The van der Waals surface area contributed by atoms with E-state index in [1.165, 1.54) is 11.8 Å². The zero-order chi connectivity index (χ0) is 18.0. The van der Waals surface area contributed by atoms with E-state index in [9.17, 15) is 9.59 Å². The second-order valence-electron chi connectivity index (χ2n) is 5.47. The van der Waals surface area contributed by atoms with Gasteiger partial charge >= 0.3 is 10.8 Å². The number of rotatable bonds is 5. The van der Waals surface area contributed by atoms with Gasteiger partial charge in [0.1, 0.15) is 0 Å². The minimum Gasteiger partial charge on any atom is -0.493 e. The molecule has 0 radical (unpaired) electrons. The molecule has 0 saturated carbocycles. The molecule has 1 aromatic carbocycles. The lowest BCUT2D eigenvalue weighted by Gasteiger charge is -2.29.